The van der Waals surface area contributed by atoms with Gasteiger partial charge in [-0.3, -0.25) is 9.36 Å². The minimum atomic E-state index is -3.27. The third kappa shape index (κ3) is 8.86. The molecule has 0 bridgehead atoms. The highest BCUT2D eigenvalue weighted by Crippen LogP contribution is 2.51. The monoisotopic (exact) mass is 525 g/mol. The molecule has 37 heavy (non-hydrogen) atoms. The Morgan fingerprint density at radius 2 is 1.43 bits per heavy atom. The van der Waals surface area contributed by atoms with E-state index in [0.717, 1.165) is 11.1 Å². The second-order valence-electron chi connectivity index (χ2n) is 8.29. The van der Waals surface area contributed by atoms with Gasteiger partial charge in [0.25, 0.3) is 5.91 Å². The SMILES string of the molecule is CCOP(=O)(Cc1ccc(C(=O)N[C@@H](Cc2ccc(OCc3ccccc3)cc2)C(=O)O)cc1)OCC. The predicted octanol–water partition coefficient (Wildman–Crippen LogP) is 5.46. The molecule has 3 aromatic carbocycles. The Morgan fingerprint density at radius 1 is 0.838 bits per heavy atom. The van der Waals surface area contributed by atoms with Gasteiger partial charge >= 0.3 is 13.6 Å². The number of aliphatic carboxylic acids is 1. The minimum Gasteiger partial charge on any atom is -0.489 e. The molecule has 0 spiro atoms. The van der Waals surface area contributed by atoms with Crippen LogP contribution in [0.1, 0.15) is 40.9 Å². The molecule has 2 N–H and O–H groups in total. The highest BCUT2D eigenvalue weighted by Gasteiger charge is 2.25. The van der Waals surface area contributed by atoms with Crippen LogP contribution in [0.3, 0.4) is 0 Å². The second kappa shape index (κ2) is 13.7. The molecule has 1 amide bonds. The van der Waals surface area contributed by atoms with E-state index in [9.17, 15) is 19.3 Å². The van der Waals surface area contributed by atoms with E-state index in [0.29, 0.717) is 23.5 Å². The average molecular weight is 526 g/mol. The maximum absolute atomic E-state index is 12.7. The number of hydrogen-bond acceptors (Lipinski definition) is 6. The van der Waals surface area contributed by atoms with Gasteiger partial charge in [-0.1, -0.05) is 54.6 Å². The van der Waals surface area contributed by atoms with Crippen molar-refractivity contribution in [1.29, 1.82) is 0 Å². The first-order chi connectivity index (χ1) is 17.8. The first-order valence-corrected chi connectivity index (χ1v) is 13.8. The average Bonchev–Trinajstić information content (AvgIpc) is 2.89. The molecule has 1 atom stereocenters. The highest BCUT2D eigenvalue weighted by molar-refractivity contribution is 7.53. The molecular formula is C28H32NO7P. The Kier molecular flexibility index (Phi) is 10.4. The standard InChI is InChI=1S/C28H32NO7P/c1-3-35-37(33,36-4-2)20-23-10-14-24(15-11-23)27(30)29-26(28(31)32)18-21-12-16-25(17-13-21)34-19-22-8-6-5-7-9-22/h5-17,26H,3-4,18-20H2,1-2H3,(H,29,30)(H,31,32)/t26-/m0/s1. The van der Waals surface area contributed by atoms with Gasteiger partial charge in [-0.15, -0.1) is 0 Å². The predicted molar refractivity (Wildman–Crippen MR) is 141 cm³/mol. The molecule has 0 aliphatic heterocycles. The smallest absolute Gasteiger partial charge is 0.335 e. The lowest BCUT2D eigenvalue weighted by Gasteiger charge is -2.17. The van der Waals surface area contributed by atoms with Gasteiger partial charge in [0.1, 0.15) is 18.4 Å². The van der Waals surface area contributed by atoms with Gasteiger partial charge in [0.15, 0.2) is 0 Å². The van der Waals surface area contributed by atoms with Crippen LogP contribution in [0.5, 0.6) is 5.75 Å². The largest absolute Gasteiger partial charge is 0.489 e. The molecule has 9 heteroatoms. The number of benzene rings is 3. The number of carbonyl (C=O) groups is 2. The lowest BCUT2D eigenvalue weighted by Crippen LogP contribution is -2.42. The zero-order valence-corrected chi connectivity index (χ0v) is 21.9. The maximum Gasteiger partial charge on any atom is 0.335 e. The molecule has 3 rings (SSSR count). The van der Waals surface area contributed by atoms with E-state index in [1.807, 2.05) is 30.3 Å². The molecule has 0 fully saturated rings. The molecule has 0 aromatic heterocycles. The number of ether oxygens (including phenoxy) is 1. The third-order valence-corrected chi connectivity index (χ3v) is 7.51. The molecule has 0 radical (unpaired) electrons. The first kappa shape index (κ1) is 28.1. The fourth-order valence-corrected chi connectivity index (χ4v) is 5.35. The number of hydrogen-bond donors (Lipinski definition) is 2. The van der Waals surface area contributed by atoms with E-state index in [1.54, 1.807) is 62.4 Å². The summed E-state index contributed by atoms with van der Waals surface area (Å²) in [5, 5.41) is 12.2. The van der Waals surface area contributed by atoms with E-state index < -0.39 is 25.5 Å². The molecule has 0 heterocycles. The summed E-state index contributed by atoms with van der Waals surface area (Å²) in [6.45, 7) is 4.44. The van der Waals surface area contributed by atoms with Crippen molar-refractivity contribution in [1.82, 2.24) is 5.32 Å². The van der Waals surface area contributed by atoms with E-state index in [-0.39, 0.29) is 25.8 Å². The molecule has 8 nitrogen and oxygen atoms in total. The second-order valence-corrected chi connectivity index (χ2v) is 10.3. The molecular weight excluding hydrogens is 493 g/mol. The van der Waals surface area contributed by atoms with E-state index in [2.05, 4.69) is 5.32 Å². The van der Waals surface area contributed by atoms with Crippen LogP contribution in [0.2, 0.25) is 0 Å². The van der Waals surface area contributed by atoms with Crippen LogP contribution < -0.4 is 10.1 Å². The summed E-state index contributed by atoms with van der Waals surface area (Å²) in [4.78, 5) is 24.6. The fourth-order valence-electron chi connectivity index (χ4n) is 3.65. The molecule has 3 aromatic rings. The highest BCUT2D eigenvalue weighted by atomic mass is 31.2. The van der Waals surface area contributed by atoms with Gasteiger partial charge in [0.2, 0.25) is 0 Å². The molecule has 0 unspecified atom stereocenters. The quantitative estimate of drug-likeness (QED) is 0.269. The Bertz CT molecular complexity index is 1190. The molecule has 0 aliphatic carbocycles. The van der Waals surface area contributed by atoms with Crippen molar-refractivity contribution in [2.24, 2.45) is 0 Å². The van der Waals surface area contributed by atoms with Crippen molar-refractivity contribution in [3.63, 3.8) is 0 Å². The Labute approximate surface area is 217 Å². The van der Waals surface area contributed by atoms with Crippen LogP contribution in [-0.4, -0.2) is 36.2 Å². The molecule has 0 saturated carbocycles. The Hall–Kier alpha value is -3.45. The molecule has 196 valence electrons. The van der Waals surface area contributed by atoms with Gasteiger partial charge in [-0.05, 0) is 54.8 Å². The van der Waals surface area contributed by atoms with Crippen molar-refractivity contribution < 1.29 is 33.0 Å². The summed E-state index contributed by atoms with van der Waals surface area (Å²) < 4.78 is 29.1. The van der Waals surface area contributed by atoms with Crippen LogP contribution in [0.25, 0.3) is 0 Å². The van der Waals surface area contributed by atoms with Crippen molar-refractivity contribution in [2.45, 2.75) is 39.1 Å². The van der Waals surface area contributed by atoms with Gasteiger partial charge < -0.3 is 24.2 Å². The summed E-state index contributed by atoms with van der Waals surface area (Å²) in [5.74, 6) is -0.981. The van der Waals surface area contributed by atoms with Crippen LogP contribution in [0.4, 0.5) is 0 Å². The number of rotatable bonds is 14. The van der Waals surface area contributed by atoms with Gasteiger partial charge in [-0.25, -0.2) is 4.79 Å². The summed E-state index contributed by atoms with van der Waals surface area (Å²) in [7, 11) is -3.27. The number of nitrogens with one attached hydrogen (secondary N) is 1. The van der Waals surface area contributed by atoms with Crippen LogP contribution in [-0.2, 0) is 37.6 Å². The van der Waals surface area contributed by atoms with E-state index in [1.165, 1.54) is 0 Å². The van der Waals surface area contributed by atoms with E-state index in [4.69, 9.17) is 13.8 Å². The van der Waals surface area contributed by atoms with Crippen molar-refractivity contribution in [3.05, 3.63) is 101 Å². The third-order valence-electron chi connectivity index (χ3n) is 5.46. The molecule has 0 saturated heterocycles. The van der Waals surface area contributed by atoms with Crippen LogP contribution in [0.15, 0.2) is 78.9 Å². The number of carboxylic acids is 1. The first-order valence-electron chi connectivity index (χ1n) is 12.1. The summed E-state index contributed by atoms with van der Waals surface area (Å²) >= 11 is 0. The Morgan fingerprint density at radius 3 is 2.00 bits per heavy atom. The number of amides is 1. The summed E-state index contributed by atoms with van der Waals surface area (Å²) in [5.41, 5.74) is 2.78. The summed E-state index contributed by atoms with van der Waals surface area (Å²) in [6.07, 6.45) is 0.198. The Balaban J connectivity index is 1.58. The van der Waals surface area contributed by atoms with Crippen molar-refractivity contribution >= 4 is 19.5 Å². The van der Waals surface area contributed by atoms with Crippen molar-refractivity contribution in [3.8, 4) is 5.75 Å². The normalized spacial score (nSPS) is 12.1. The van der Waals surface area contributed by atoms with E-state index >= 15 is 0 Å². The fraction of sp³-hybridized carbons (Fsp3) is 0.286. The maximum atomic E-state index is 12.7. The minimum absolute atomic E-state index is 0.0827. The lowest BCUT2D eigenvalue weighted by molar-refractivity contribution is -0.139. The number of carboxylic acid groups (broad SMARTS) is 1. The lowest BCUT2D eigenvalue weighted by atomic mass is 10.0. The van der Waals surface area contributed by atoms with Crippen LogP contribution in [0, 0.1) is 0 Å². The number of carbonyl (C=O) groups excluding carboxylic acids is 1. The topological polar surface area (TPSA) is 111 Å². The van der Waals surface area contributed by atoms with Gasteiger partial charge in [0, 0.05) is 12.0 Å². The van der Waals surface area contributed by atoms with Gasteiger partial charge in [0.05, 0.1) is 19.4 Å². The van der Waals surface area contributed by atoms with Gasteiger partial charge in [-0.2, -0.15) is 0 Å². The molecule has 0 aliphatic rings. The van der Waals surface area contributed by atoms with Crippen LogP contribution >= 0.6 is 7.60 Å². The zero-order chi connectivity index (χ0) is 26.7. The zero-order valence-electron chi connectivity index (χ0n) is 21.0. The van der Waals surface area contributed by atoms with Crippen molar-refractivity contribution in [2.75, 3.05) is 13.2 Å². The summed E-state index contributed by atoms with van der Waals surface area (Å²) in [6, 6.07) is 22.2.